The molecule has 1 aromatic heterocycles. The summed E-state index contributed by atoms with van der Waals surface area (Å²) in [6, 6.07) is 5.69. The smallest absolute Gasteiger partial charge is 0.307 e. The fraction of sp³-hybridized carbons (Fsp3) is 0.312. The van der Waals surface area contributed by atoms with Crippen LogP contribution in [0.15, 0.2) is 30.6 Å². The molecule has 1 aromatic carbocycles. The number of aromatic nitrogens is 2. The number of carbonyl (C=O) groups is 2. The van der Waals surface area contributed by atoms with Gasteiger partial charge in [-0.15, -0.1) is 0 Å². The second-order valence-corrected chi connectivity index (χ2v) is 5.76. The van der Waals surface area contributed by atoms with Gasteiger partial charge in [0.25, 0.3) is 0 Å². The maximum absolute atomic E-state index is 12.2. The number of nitrogens with one attached hydrogen (secondary N) is 1. The third-order valence-corrected chi connectivity index (χ3v) is 3.81. The number of anilines is 1. The van der Waals surface area contributed by atoms with Crippen LogP contribution in [-0.2, 0) is 9.59 Å². The summed E-state index contributed by atoms with van der Waals surface area (Å²) < 4.78 is 1.70. The van der Waals surface area contributed by atoms with Crippen molar-refractivity contribution >= 4 is 17.6 Å². The van der Waals surface area contributed by atoms with Crippen LogP contribution in [0.3, 0.4) is 0 Å². The number of nitrogens with zero attached hydrogens (tertiary/aromatic N) is 2. The number of amides is 1. The zero-order valence-electron chi connectivity index (χ0n) is 12.4. The summed E-state index contributed by atoms with van der Waals surface area (Å²) in [6.07, 6.45) is 4.02. The quantitative estimate of drug-likeness (QED) is 0.906. The summed E-state index contributed by atoms with van der Waals surface area (Å²) in [7, 11) is 0. The summed E-state index contributed by atoms with van der Waals surface area (Å²) in [6.45, 7) is 3.88. The van der Waals surface area contributed by atoms with E-state index in [0.717, 1.165) is 16.8 Å². The van der Waals surface area contributed by atoms with Gasteiger partial charge in [-0.25, -0.2) is 4.68 Å². The molecule has 6 nitrogen and oxygen atoms in total. The normalized spacial score (nSPS) is 19.7. The monoisotopic (exact) mass is 299 g/mol. The van der Waals surface area contributed by atoms with Crippen molar-refractivity contribution in [2.24, 2.45) is 11.8 Å². The van der Waals surface area contributed by atoms with Gasteiger partial charge in [0, 0.05) is 6.20 Å². The largest absolute Gasteiger partial charge is 0.481 e. The van der Waals surface area contributed by atoms with Crippen LogP contribution < -0.4 is 5.32 Å². The molecular formula is C16H17N3O3. The molecule has 6 heteroatoms. The molecule has 0 spiro atoms. The molecule has 0 bridgehead atoms. The highest BCUT2D eigenvalue weighted by Crippen LogP contribution is 2.39. The van der Waals surface area contributed by atoms with Crippen molar-refractivity contribution in [3.63, 3.8) is 0 Å². The zero-order valence-corrected chi connectivity index (χ0v) is 12.4. The topological polar surface area (TPSA) is 84.2 Å². The average Bonchev–Trinajstić information content (AvgIpc) is 3.16. The zero-order chi connectivity index (χ0) is 15.9. The Balaban J connectivity index is 1.85. The molecule has 2 atom stereocenters. The molecule has 2 aromatic rings. The molecule has 0 saturated heterocycles. The minimum absolute atomic E-state index is 0.247. The molecule has 22 heavy (non-hydrogen) atoms. The lowest BCUT2D eigenvalue weighted by atomic mass is 10.2. The second kappa shape index (κ2) is 5.29. The molecule has 1 aliphatic rings. The number of rotatable bonds is 4. The highest BCUT2D eigenvalue weighted by atomic mass is 16.4. The van der Waals surface area contributed by atoms with Gasteiger partial charge in [0.15, 0.2) is 0 Å². The molecule has 1 heterocycles. The first-order valence-electron chi connectivity index (χ1n) is 7.11. The number of carboxylic acid groups (broad SMARTS) is 1. The Labute approximate surface area is 127 Å². The Morgan fingerprint density at radius 2 is 2.05 bits per heavy atom. The highest BCUT2D eigenvalue weighted by Gasteiger charge is 2.48. The van der Waals surface area contributed by atoms with Gasteiger partial charge in [-0.2, -0.15) is 5.10 Å². The number of hydrogen-bond acceptors (Lipinski definition) is 3. The first-order valence-corrected chi connectivity index (χ1v) is 7.11. The van der Waals surface area contributed by atoms with E-state index >= 15 is 0 Å². The molecule has 0 aliphatic heterocycles. The lowest BCUT2D eigenvalue weighted by Crippen LogP contribution is -2.18. The van der Waals surface area contributed by atoms with Crippen molar-refractivity contribution in [1.82, 2.24) is 9.78 Å². The van der Waals surface area contributed by atoms with Crippen molar-refractivity contribution in [1.29, 1.82) is 0 Å². The number of benzene rings is 1. The van der Waals surface area contributed by atoms with Crippen molar-refractivity contribution in [3.8, 4) is 5.69 Å². The van der Waals surface area contributed by atoms with Gasteiger partial charge in [-0.1, -0.05) is 6.07 Å². The van der Waals surface area contributed by atoms with Gasteiger partial charge in [-0.3, -0.25) is 9.59 Å². The summed E-state index contributed by atoms with van der Waals surface area (Å²) >= 11 is 0. The van der Waals surface area contributed by atoms with Crippen LogP contribution in [0.4, 0.5) is 5.69 Å². The van der Waals surface area contributed by atoms with Crippen molar-refractivity contribution in [2.45, 2.75) is 20.3 Å². The Morgan fingerprint density at radius 1 is 1.27 bits per heavy atom. The van der Waals surface area contributed by atoms with Gasteiger partial charge >= 0.3 is 5.97 Å². The predicted octanol–water partition coefficient (Wildman–Crippen LogP) is 2.15. The summed E-state index contributed by atoms with van der Waals surface area (Å²) in [5.74, 6) is -2.15. The van der Waals surface area contributed by atoms with Crippen molar-refractivity contribution in [2.75, 3.05) is 5.32 Å². The van der Waals surface area contributed by atoms with E-state index in [1.807, 2.05) is 38.2 Å². The van der Waals surface area contributed by atoms with E-state index in [2.05, 4.69) is 10.4 Å². The van der Waals surface area contributed by atoms with E-state index in [1.165, 1.54) is 0 Å². The molecule has 1 fully saturated rings. The van der Waals surface area contributed by atoms with Gasteiger partial charge < -0.3 is 10.4 Å². The molecule has 1 amide bonds. The van der Waals surface area contributed by atoms with Crippen LogP contribution in [0, 0.1) is 25.7 Å². The third kappa shape index (κ3) is 2.72. The highest BCUT2D eigenvalue weighted by molar-refractivity contribution is 5.99. The maximum atomic E-state index is 12.2. The minimum Gasteiger partial charge on any atom is -0.481 e. The van der Waals surface area contributed by atoms with E-state index in [4.69, 9.17) is 5.11 Å². The molecule has 3 rings (SSSR count). The summed E-state index contributed by atoms with van der Waals surface area (Å²) in [4.78, 5) is 23.1. The Bertz CT molecular complexity index is 751. The molecule has 0 radical (unpaired) electrons. The van der Waals surface area contributed by atoms with Crippen LogP contribution in [0.1, 0.15) is 17.5 Å². The van der Waals surface area contributed by atoms with Crippen LogP contribution >= 0.6 is 0 Å². The minimum atomic E-state index is -0.910. The molecule has 1 saturated carbocycles. The van der Waals surface area contributed by atoms with Crippen LogP contribution in [0.25, 0.3) is 5.69 Å². The number of aliphatic carboxylic acids is 1. The maximum Gasteiger partial charge on any atom is 0.307 e. The van der Waals surface area contributed by atoms with Crippen LogP contribution in [0.5, 0.6) is 0 Å². The molecule has 114 valence electrons. The van der Waals surface area contributed by atoms with E-state index in [9.17, 15) is 9.59 Å². The first kappa shape index (κ1) is 14.3. The first-order chi connectivity index (χ1) is 10.5. The molecule has 1 aliphatic carbocycles. The lowest BCUT2D eigenvalue weighted by molar-refractivity contribution is -0.139. The standard InChI is InChI=1S/C16H17N3O3/c1-9-3-4-14(19-8-10(2)7-17-19)13(5-9)18-15(20)11-6-12(11)16(21)22/h3-5,7-8,11-12H,6H2,1-2H3,(H,18,20)(H,21,22). The van der Waals surface area contributed by atoms with E-state index in [0.29, 0.717) is 12.1 Å². The van der Waals surface area contributed by atoms with Crippen LogP contribution in [0.2, 0.25) is 0 Å². The van der Waals surface area contributed by atoms with Crippen molar-refractivity contribution < 1.29 is 14.7 Å². The fourth-order valence-electron chi connectivity index (χ4n) is 2.48. The SMILES string of the molecule is Cc1ccc(-n2cc(C)cn2)c(NC(=O)C2CC2C(=O)O)c1. The van der Waals surface area contributed by atoms with E-state index in [-0.39, 0.29) is 5.91 Å². The average molecular weight is 299 g/mol. The Kier molecular flexibility index (Phi) is 3.44. The third-order valence-electron chi connectivity index (χ3n) is 3.81. The van der Waals surface area contributed by atoms with Crippen molar-refractivity contribution in [3.05, 3.63) is 41.7 Å². The molecular weight excluding hydrogens is 282 g/mol. The summed E-state index contributed by atoms with van der Waals surface area (Å²) in [5, 5.41) is 16.0. The lowest BCUT2D eigenvalue weighted by Gasteiger charge is -2.12. The Hall–Kier alpha value is -2.63. The molecule has 2 N–H and O–H groups in total. The number of carbonyl (C=O) groups excluding carboxylic acids is 1. The van der Waals surface area contributed by atoms with Gasteiger partial charge in [-0.05, 0) is 43.5 Å². The predicted molar refractivity (Wildman–Crippen MR) is 80.9 cm³/mol. The number of aryl methyl sites for hydroxylation is 2. The summed E-state index contributed by atoms with van der Waals surface area (Å²) in [5.41, 5.74) is 3.43. The second-order valence-electron chi connectivity index (χ2n) is 5.76. The fourth-order valence-corrected chi connectivity index (χ4v) is 2.48. The van der Waals surface area contributed by atoms with E-state index in [1.54, 1.807) is 10.9 Å². The van der Waals surface area contributed by atoms with Gasteiger partial charge in [0.2, 0.25) is 5.91 Å². The van der Waals surface area contributed by atoms with Crippen LogP contribution in [-0.4, -0.2) is 26.8 Å². The number of carboxylic acids is 1. The Morgan fingerprint density at radius 3 is 2.64 bits per heavy atom. The van der Waals surface area contributed by atoms with Gasteiger partial charge in [0.05, 0.1) is 29.4 Å². The van der Waals surface area contributed by atoms with Gasteiger partial charge in [0.1, 0.15) is 0 Å². The number of hydrogen-bond donors (Lipinski definition) is 2. The molecule has 2 unspecified atom stereocenters. The van der Waals surface area contributed by atoms with E-state index < -0.39 is 17.8 Å².